The predicted octanol–water partition coefficient (Wildman–Crippen LogP) is 4.79. The van der Waals surface area contributed by atoms with E-state index in [9.17, 15) is 19.2 Å². The standard InChI is InChI=1S/C22H25Cl2FN6O4S/c1-21(2)19(30-20(33)34)31-22(3,14-5-4-8-27-36(14,21)35)17-13(25)6-7-15(28-17)29-18(32)16-12(24)9-11(23)10-26-16/h6-7,9-10,14,27,35H,4-5,8H2,1-3H3,(H,30,31)(H,33,34)(H,28,29,32)/t14-,22+/m1/s1. The van der Waals surface area contributed by atoms with E-state index in [4.69, 9.17) is 23.2 Å². The van der Waals surface area contributed by atoms with Gasteiger partial charge in [-0.15, -0.1) is 0 Å². The fourth-order valence-corrected chi connectivity index (χ4v) is 8.55. The minimum Gasteiger partial charge on any atom is -0.465 e. The summed E-state index contributed by atoms with van der Waals surface area (Å²) < 4.78 is 29.3. The van der Waals surface area contributed by atoms with E-state index in [1.165, 1.54) is 18.3 Å². The first-order valence-electron chi connectivity index (χ1n) is 11.0. The Kier molecular flexibility index (Phi) is 6.95. The average molecular weight is 559 g/mol. The van der Waals surface area contributed by atoms with Gasteiger partial charge in [0, 0.05) is 12.7 Å². The lowest BCUT2D eigenvalue weighted by molar-refractivity contribution is 0.102. The average Bonchev–Trinajstić information content (AvgIpc) is 2.78. The van der Waals surface area contributed by atoms with E-state index >= 15 is 4.39 Å². The van der Waals surface area contributed by atoms with Crippen molar-refractivity contribution in [3.8, 4) is 0 Å². The summed E-state index contributed by atoms with van der Waals surface area (Å²) in [5.41, 5.74) is -1.69. The van der Waals surface area contributed by atoms with Crippen LogP contribution in [-0.2, 0) is 5.54 Å². The van der Waals surface area contributed by atoms with Crippen LogP contribution in [0.4, 0.5) is 15.0 Å². The highest BCUT2D eigenvalue weighted by atomic mass is 35.5. The number of pyridine rings is 2. The zero-order valence-corrected chi connectivity index (χ0v) is 21.9. The van der Waals surface area contributed by atoms with Crippen LogP contribution >= 0.6 is 33.7 Å². The number of hydrogen-bond donors (Lipinski definition) is 5. The van der Waals surface area contributed by atoms with E-state index in [-0.39, 0.29) is 33.1 Å². The van der Waals surface area contributed by atoms with Crippen LogP contribution in [0, 0.1) is 5.82 Å². The van der Waals surface area contributed by atoms with Crippen molar-refractivity contribution < 1.29 is 23.6 Å². The number of carboxylic acid groups (broad SMARTS) is 1. The third-order valence-electron chi connectivity index (χ3n) is 6.51. The van der Waals surface area contributed by atoms with E-state index in [1.807, 2.05) is 0 Å². The number of carbonyl (C=O) groups is 2. The molecular weight excluding hydrogens is 534 g/mol. The number of amidine groups is 1. The molecule has 194 valence electrons. The molecule has 2 aliphatic rings. The Morgan fingerprint density at radius 1 is 1.25 bits per heavy atom. The zero-order chi connectivity index (χ0) is 26.5. The second-order valence-electron chi connectivity index (χ2n) is 9.16. The molecule has 0 radical (unpaired) electrons. The molecule has 3 atom stereocenters. The summed E-state index contributed by atoms with van der Waals surface area (Å²) in [4.78, 5) is 37.2. The van der Waals surface area contributed by atoms with Crippen molar-refractivity contribution in [1.29, 1.82) is 0 Å². The van der Waals surface area contributed by atoms with Crippen molar-refractivity contribution >= 4 is 57.4 Å². The molecule has 2 aliphatic heterocycles. The Morgan fingerprint density at radius 3 is 2.64 bits per heavy atom. The molecule has 1 saturated heterocycles. The number of carbonyl (C=O) groups excluding carboxylic acids is 1. The van der Waals surface area contributed by atoms with Gasteiger partial charge >= 0.3 is 6.09 Å². The topological polar surface area (TPSA) is 149 Å². The molecule has 4 rings (SSSR count). The molecule has 2 aromatic heterocycles. The van der Waals surface area contributed by atoms with Crippen LogP contribution in [0.1, 0.15) is 49.8 Å². The van der Waals surface area contributed by atoms with Crippen LogP contribution in [0.2, 0.25) is 10.0 Å². The second kappa shape index (κ2) is 9.42. The third-order valence-corrected chi connectivity index (χ3v) is 10.9. The number of halogens is 3. The van der Waals surface area contributed by atoms with Gasteiger partial charge in [-0.25, -0.2) is 19.2 Å². The number of hydrogen-bond acceptors (Lipinski definition) is 7. The smallest absolute Gasteiger partial charge is 0.410 e. The molecule has 0 aliphatic carbocycles. The summed E-state index contributed by atoms with van der Waals surface area (Å²) in [6, 6.07) is 3.77. The summed E-state index contributed by atoms with van der Waals surface area (Å²) in [6.07, 6.45) is 1.11. The molecule has 14 heteroatoms. The fourth-order valence-electron chi connectivity index (χ4n) is 4.63. The summed E-state index contributed by atoms with van der Waals surface area (Å²) >= 11 is 11.9. The van der Waals surface area contributed by atoms with Crippen LogP contribution in [0.15, 0.2) is 29.4 Å². The zero-order valence-electron chi connectivity index (χ0n) is 19.6. The Hall–Kier alpha value is -2.51. The van der Waals surface area contributed by atoms with Gasteiger partial charge in [-0.05, 0) is 51.8 Å². The highest BCUT2D eigenvalue weighted by Gasteiger charge is 2.61. The maximum atomic E-state index is 15.3. The number of amides is 2. The fraction of sp³-hybridized carbons (Fsp3) is 0.409. The molecule has 0 aromatic carbocycles. The van der Waals surface area contributed by atoms with Gasteiger partial charge in [-0.3, -0.25) is 19.8 Å². The second-order valence-corrected chi connectivity index (χ2v) is 13.1. The molecule has 5 N–H and O–H groups in total. The van der Waals surface area contributed by atoms with Gasteiger partial charge in [0.25, 0.3) is 5.91 Å². The van der Waals surface area contributed by atoms with Gasteiger partial charge in [-0.2, -0.15) is 0 Å². The van der Waals surface area contributed by atoms with Crippen LogP contribution < -0.4 is 15.4 Å². The van der Waals surface area contributed by atoms with E-state index < -0.39 is 43.8 Å². The predicted molar refractivity (Wildman–Crippen MR) is 138 cm³/mol. The minimum atomic E-state index is -2.76. The van der Waals surface area contributed by atoms with Gasteiger partial charge in [0.2, 0.25) is 0 Å². The van der Waals surface area contributed by atoms with Crippen molar-refractivity contribution in [1.82, 2.24) is 20.0 Å². The SMILES string of the molecule is CC1(C)C(NC(=O)O)=N[C@](C)(c2nc(NC(=O)c3ncc(Cl)cc3Cl)ccc2F)[C@H]2CCCNS21O. The van der Waals surface area contributed by atoms with E-state index in [2.05, 4.69) is 30.3 Å². The number of aromatic nitrogens is 2. The third kappa shape index (κ3) is 4.41. The molecule has 10 nitrogen and oxygen atoms in total. The molecular formula is C22H25Cl2FN6O4S. The molecule has 0 saturated carbocycles. The summed E-state index contributed by atoms with van der Waals surface area (Å²) in [7, 11) is -2.76. The number of aliphatic imine (C=N–C) groups is 1. The van der Waals surface area contributed by atoms with E-state index in [0.717, 1.165) is 6.07 Å². The van der Waals surface area contributed by atoms with Crippen LogP contribution in [0.3, 0.4) is 0 Å². The summed E-state index contributed by atoms with van der Waals surface area (Å²) in [5.74, 6) is -1.41. The Morgan fingerprint density at radius 2 is 1.97 bits per heavy atom. The largest absolute Gasteiger partial charge is 0.465 e. The van der Waals surface area contributed by atoms with Crippen molar-refractivity contribution in [2.75, 3.05) is 11.9 Å². The summed E-state index contributed by atoms with van der Waals surface area (Å²) in [6.45, 7) is 5.52. The summed E-state index contributed by atoms with van der Waals surface area (Å²) in [5, 5.41) is 13.9. The molecule has 1 unspecified atom stereocenters. The lowest BCUT2D eigenvalue weighted by atomic mass is 9.88. The van der Waals surface area contributed by atoms with Gasteiger partial charge in [0.05, 0.1) is 20.0 Å². The first kappa shape index (κ1) is 26.6. The maximum absolute atomic E-state index is 15.3. The minimum absolute atomic E-state index is 0.000488. The highest BCUT2D eigenvalue weighted by Crippen LogP contribution is 2.66. The van der Waals surface area contributed by atoms with Gasteiger partial charge < -0.3 is 15.0 Å². The number of fused-ring (bicyclic) bond motifs is 1. The lowest BCUT2D eigenvalue weighted by Gasteiger charge is -2.61. The van der Waals surface area contributed by atoms with Crippen LogP contribution in [0.5, 0.6) is 0 Å². The maximum Gasteiger partial charge on any atom is 0.410 e. The highest BCUT2D eigenvalue weighted by molar-refractivity contribution is 8.29. The van der Waals surface area contributed by atoms with Gasteiger partial charge in [0.15, 0.2) is 0 Å². The monoisotopic (exact) mass is 558 g/mol. The molecule has 0 bridgehead atoms. The van der Waals surface area contributed by atoms with Crippen LogP contribution in [0.25, 0.3) is 0 Å². The molecule has 0 spiro atoms. The Labute approximate surface area is 218 Å². The lowest BCUT2D eigenvalue weighted by Crippen LogP contribution is -2.63. The Bertz CT molecular complexity index is 1280. The first-order chi connectivity index (χ1) is 16.8. The molecule has 2 aromatic rings. The van der Waals surface area contributed by atoms with Gasteiger partial charge in [-0.1, -0.05) is 33.7 Å². The van der Waals surface area contributed by atoms with Crippen molar-refractivity contribution in [2.45, 2.75) is 49.1 Å². The van der Waals surface area contributed by atoms with Crippen LogP contribution in [-0.4, -0.2) is 54.0 Å². The molecule has 36 heavy (non-hydrogen) atoms. The van der Waals surface area contributed by atoms with E-state index in [0.29, 0.717) is 19.4 Å². The number of nitrogens with one attached hydrogen (secondary N) is 3. The molecule has 2 amide bonds. The molecule has 1 fully saturated rings. The van der Waals surface area contributed by atoms with E-state index in [1.54, 1.807) is 20.8 Å². The Balaban J connectivity index is 1.80. The normalized spacial score (nSPS) is 28.8. The number of rotatable bonds is 3. The van der Waals surface area contributed by atoms with Crippen molar-refractivity contribution in [3.63, 3.8) is 0 Å². The molecule has 4 heterocycles. The number of anilines is 1. The van der Waals surface area contributed by atoms with Gasteiger partial charge in [0.1, 0.15) is 34.4 Å². The van der Waals surface area contributed by atoms with Crippen molar-refractivity contribution in [2.24, 2.45) is 4.99 Å². The number of nitrogens with zero attached hydrogens (tertiary/aromatic N) is 3. The quantitative estimate of drug-likeness (QED) is 0.363. The van der Waals surface area contributed by atoms with Crippen molar-refractivity contribution in [3.05, 3.63) is 51.6 Å². The first-order valence-corrected chi connectivity index (χ1v) is 13.4.